The van der Waals surface area contributed by atoms with Gasteiger partial charge in [-0.3, -0.25) is 4.79 Å². The quantitative estimate of drug-likeness (QED) is 0.647. The Kier molecular flexibility index (Phi) is 3.40. The lowest BCUT2D eigenvalue weighted by Crippen LogP contribution is -2.28. The topological polar surface area (TPSA) is 46.9 Å². The lowest BCUT2D eigenvalue weighted by molar-refractivity contribution is -0.122. The molecule has 1 unspecified atom stereocenters. The smallest absolute Gasteiger partial charge is 0.226 e. The molecule has 1 aromatic heterocycles. The molecule has 4 nitrogen and oxygen atoms in total. The summed E-state index contributed by atoms with van der Waals surface area (Å²) < 4.78 is 1.14. The molecule has 0 bridgehead atoms. The fourth-order valence-electron chi connectivity index (χ4n) is 1.51. The van der Waals surface area contributed by atoms with Crippen LogP contribution < -0.4 is 5.32 Å². The minimum Gasteiger partial charge on any atom is -0.356 e. The van der Waals surface area contributed by atoms with Crippen molar-refractivity contribution in [3.05, 3.63) is 18.7 Å². The molecule has 1 amide bonds. The van der Waals surface area contributed by atoms with E-state index in [9.17, 15) is 4.79 Å². The van der Waals surface area contributed by atoms with Crippen LogP contribution in [0.2, 0.25) is 0 Å². The number of hydrogen-bond acceptors (Lipinski definition) is 2. The molecule has 16 heavy (non-hydrogen) atoms. The van der Waals surface area contributed by atoms with Crippen molar-refractivity contribution in [2.75, 3.05) is 6.54 Å². The van der Waals surface area contributed by atoms with Crippen LogP contribution in [0.5, 0.6) is 0 Å². The number of halogens is 2. The first-order valence-corrected chi connectivity index (χ1v) is 5.96. The van der Waals surface area contributed by atoms with Crippen molar-refractivity contribution in [2.24, 2.45) is 5.92 Å². The standard InChI is InChI=1S/C10H13Cl2N3O/c11-10(12)6-8(10)9(16)14-2-1-4-15-5-3-13-7-15/h3,5,7-8H,1-2,4,6H2,(H,14,16). The van der Waals surface area contributed by atoms with Crippen molar-refractivity contribution in [3.63, 3.8) is 0 Å². The molecule has 2 rings (SSSR count). The monoisotopic (exact) mass is 261 g/mol. The zero-order chi connectivity index (χ0) is 11.6. The second-order valence-electron chi connectivity index (χ2n) is 3.96. The number of carbonyl (C=O) groups is 1. The van der Waals surface area contributed by atoms with Crippen molar-refractivity contribution < 1.29 is 4.79 Å². The summed E-state index contributed by atoms with van der Waals surface area (Å²) in [5.74, 6) is -0.278. The summed E-state index contributed by atoms with van der Waals surface area (Å²) in [5, 5.41) is 2.82. The van der Waals surface area contributed by atoms with Crippen molar-refractivity contribution >= 4 is 29.1 Å². The highest BCUT2D eigenvalue weighted by molar-refractivity contribution is 6.52. The number of nitrogens with zero attached hydrogens (tertiary/aromatic N) is 2. The Morgan fingerprint density at radius 1 is 1.62 bits per heavy atom. The number of imidazole rings is 1. The Hall–Kier alpha value is -0.740. The van der Waals surface area contributed by atoms with Gasteiger partial charge in [0.2, 0.25) is 5.91 Å². The Labute approximate surface area is 104 Å². The van der Waals surface area contributed by atoms with E-state index in [4.69, 9.17) is 23.2 Å². The maximum Gasteiger partial charge on any atom is 0.226 e. The predicted molar refractivity (Wildman–Crippen MR) is 62.4 cm³/mol. The molecule has 1 saturated carbocycles. The van der Waals surface area contributed by atoms with Gasteiger partial charge in [0.15, 0.2) is 0 Å². The molecule has 1 N–H and O–H groups in total. The van der Waals surface area contributed by atoms with Crippen LogP contribution in [0.15, 0.2) is 18.7 Å². The van der Waals surface area contributed by atoms with Gasteiger partial charge in [0.1, 0.15) is 4.33 Å². The SMILES string of the molecule is O=C(NCCCn1ccnc1)C1CC1(Cl)Cl. The normalized spacial score (nSPS) is 21.8. The minimum atomic E-state index is -0.825. The Balaban J connectivity index is 1.60. The molecule has 1 aliphatic carbocycles. The zero-order valence-electron chi connectivity index (χ0n) is 8.70. The molecule has 0 aliphatic heterocycles. The van der Waals surface area contributed by atoms with Crippen LogP contribution in [0.25, 0.3) is 0 Å². The fourth-order valence-corrected chi connectivity index (χ4v) is 2.02. The number of aryl methyl sites for hydroxylation is 1. The van der Waals surface area contributed by atoms with Crippen LogP contribution in [-0.2, 0) is 11.3 Å². The third-order valence-corrected chi connectivity index (χ3v) is 3.43. The summed E-state index contributed by atoms with van der Waals surface area (Å²) in [7, 11) is 0. The van der Waals surface area contributed by atoms with Crippen LogP contribution >= 0.6 is 23.2 Å². The largest absolute Gasteiger partial charge is 0.356 e. The molecule has 1 fully saturated rings. The Bertz CT molecular complexity index is 364. The number of carbonyl (C=O) groups excluding carboxylic acids is 1. The lowest BCUT2D eigenvalue weighted by atomic mass is 10.3. The highest BCUT2D eigenvalue weighted by Crippen LogP contribution is 2.53. The van der Waals surface area contributed by atoms with Gasteiger partial charge in [-0.05, 0) is 12.8 Å². The van der Waals surface area contributed by atoms with Crippen molar-refractivity contribution in [1.29, 1.82) is 0 Å². The Morgan fingerprint density at radius 3 is 2.94 bits per heavy atom. The summed E-state index contributed by atoms with van der Waals surface area (Å²) in [6, 6.07) is 0. The van der Waals surface area contributed by atoms with E-state index in [0.717, 1.165) is 13.0 Å². The molecular weight excluding hydrogens is 249 g/mol. The van der Waals surface area contributed by atoms with E-state index in [1.807, 2.05) is 10.8 Å². The van der Waals surface area contributed by atoms with Crippen LogP contribution in [-0.4, -0.2) is 26.3 Å². The van der Waals surface area contributed by atoms with E-state index in [0.29, 0.717) is 13.0 Å². The number of hydrogen-bond donors (Lipinski definition) is 1. The predicted octanol–water partition coefficient (Wildman–Crippen LogP) is 1.58. The first-order valence-electron chi connectivity index (χ1n) is 5.21. The fraction of sp³-hybridized carbons (Fsp3) is 0.600. The highest BCUT2D eigenvalue weighted by Gasteiger charge is 2.56. The van der Waals surface area contributed by atoms with E-state index in [2.05, 4.69) is 10.3 Å². The van der Waals surface area contributed by atoms with Crippen molar-refractivity contribution in [2.45, 2.75) is 23.7 Å². The molecule has 0 saturated heterocycles. The van der Waals surface area contributed by atoms with Gasteiger partial charge >= 0.3 is 0 Å². The first-order chi connectivity index (χ1) is 7.59. The number of nitrogens with one attached hydrogen (secondary N) is 1. The van der Waals surface area contributed by atoms with Gasteiger partial charge in [-0.1, -0.05) is 0 Å². The van der Waals surface area contributed by atoms with Crippen LogP contribution in [0, 0.1) is 5.92 Å². The van der Waals surface area contributed by atoms with Crippen molar-refractivity contribution in [1.82, 2.24) is 14.9 Å². The number of alkyl halides is 2. The molecule has 0 spiro atoms. The molecule has 1 atom stereocenters. The maximum atomic E-state index is 11.5. The van der Waals surface area contributed by atoms with Gasteiger partial charge in [-0.25, -0.2) is 4.98 Å². The molecule has 1 heterocycles. The number of rotatable bonds is 5. The third kappa shape index (κ3) is 2.89. The van der Waals surface area contributed by atoms with Crippen LogP contribution in [0.1, 0.15) is 12.8 Å². The summed E-state index contributed by atoms with van der Waals surface area (Å²) in [4.78, 5) is 15.4. The first kappa shape index (κ1) is 11.7. The zero-order valence-corrected chi connectivity index (χ0v) is 10.2. The highest BCUT2D eigenvalue weighted by atomic mass is 35.5. The molecule has 1 aromatic rings. The van der Waals surface area contributed by atoms with Gasteiger partial charge in [0.05, 0.1) is 12.2 Å². The van der Waals surface area contributed by atoms with E-state index >= 15 is 0 Å². The number of aromatic nitrogens is 2. The number of amides is 1. The summed E-state index contributed by atoms with van der Waals surface area (Å²) in [6.07, 6.45) is 6.81. The van der Waals surface area contributed by atoms with Gasteiger partial charge in [0.25, 0.3) is 0 Å². The average molecular weight is 262 g/mol. The van der Waals surface area contributed by atoms with Crippen LogP contribution in [0.4, 0.5) is 0 Å². The van der Waals surface area contributed by atoms with Gasteiger partial charge in [0, 0.05) is 25.5 Å². The molecule has 88 valence electrons. The molecule has 1 aliphatic rings. The molecule has 6 heteroatoms. The van der Waals surface area contributed by atoms with E-state index in [1.165, 1.54) is 0 Å². The summed E-state index contributed by atoms with van der Waals surface area (Å²) >= 11 is 11.6. The maximum absolute atomic E-state index is 11.5. The van der Waals surface area contributed by atoms with Crippen LogP contribution in [0.3, 0.4) is 0 Å². The molecule has 0 aromatic carbocycles. The summed E-state index contributed by atoms with van der Waals surface area (Å²) in [5.41, 5.74) is 0. The molecule has 0 radical (unpaired) electrons. The van der Waals surface area contributed by atoms with E-state index in [-0.39, 0.29) is 11.8 Å². The van der Waals surface area contributed by atoms with E-state index in [1.54, 1.807) is 12.5 Å². The average Bonchev–Trinajstić information content (AvgIpc) is 2.67. The van der Waals surface area contributed by atoms with Gasteiger partial charge in [-0.15, -0.1) is 23.2 Å². The van der Waals surface area contributed by atoms with Gasteiger partial charge in [-0.2, -0.15) is 0 Å². The third-order valence-electron chi connectivity index (χ3n) is 2.59. The second kappa shape index (κ2) is 4.63. The van der Waals surface area contributed by atoms with Gasteiger partial charge < -0.3 is 9.88 Å². The van der Waals surface area contributed by atoms with Crippen molar-refractivity contribution in [3.8, 4) is 0 Å². The lowest BCUT2D eigenvalue weighted by Gasteiger charge is -2.05. The Morgan fingerprint density at radius 2 is 2.38 bits per heavy atom. The van der Waals surface area contributed by atoms with E-state index < -0.39 is 4.33 Å². The summed E-state index contributed by atoms with van der Waals surface area (Å²) in [6.45, 7) is 1.48. The molecular formula is C10H13Cl2N3O. The second-order valence-corrected chi connectivity index (χ2v) is 5.51. The minimum absolute atomic E-state index is 0.0457.